The Balaban J connectivity index is 1.91. The fourth-order valence-corrected chi connectivity index (χ4v) is 2.17. The molecule has 0 unspecified atom stereocenters. The zero-order chi connectivity index (χ0) is 14.5. The monoisotopic (exact) mass is 277 g/mol. The summed E-state index contributed by atoms with van der Waals surface area (Å²) < 4.78 is 0. The van der Waals surface area contributed by atoms with Gasteiger partial charge in [0.25, 0.3) is 0 Å². The van der Waals surface area contributed by atoms with Crippen LogP contribution >= 0.6 is 0 Å². The summed E-state index contributed by atoms with van der Waals surface area (Å²) in [7, 11) is 0. The predicted octanol–water partition coefficient (Wildman–Crippen LogP) is 2.79. The van der Waals surface area contributed by atoms with Gasteiger partial charge in [0.05, 0.1) is 0 Å². The van der Waals surface area contributed by atoms with Gasteiger partial charge in [-0.1, -0.05) is 50.5 Å². The minimum absolute atomic E-state index is 0.623. The van der Waals surface area contributed by atoms with Gasteiger partial charge in [-0.3, -0.25) is 0 Å². The van der Waals surface area contributed by atoms with Crippen molar-refractivity contribution in [1.29, 1.82) is 0 Å². The predicted molar refractivity (Wildman–Crippen MR) is 87.7 cm³/mol. The van der Waals surface area contributed by atoms with Gasteiger partial charge >= 0.3 is 0 Å². The Hall–Kier alpha value is -0.900. The number of rotatable bonds is 12. The van der Waals surface area contributed by atoms with Gasteiger partial charge in [0.2, 0.25) is 0 Å². The second-order valence-electron chi connectivity index (χ2n) is 5.36. The Bertz CT molecular complexity index is 322. The summed E-state index contributed by atoms with van der Waals surface area (Å²) in [5, 5.41) is 6.98. The summed E-state index contributed by atoms with van der Waals surface area (Å²) >= 11 is 0. The van der Waals surface area contributed by atoms with Crippen LogP contribution in [-0.4, -0.2) is 19.6 Å². The van der Waals surface area contributed by atoms with Crippen molar-refractivity contribution in [1.82, 2.24) is 10.6 Å². The topological polar surface area (TPSA) is 50.1 Å². The highest BCUT2D eigenvalue weighted by atomic mass is 14.9. The van der Waals surface area contributed by atoms with Crippen molar-refractivity contribution >= 4 is 0 Å². The number of unbranched alkanes of at least 4 members (excludes halogenated alkanes) is 3. The Morgan fingerprint density at radius 3 is 2.15 bits per heavy atom. The van der Waals surface area contributed by atoms with Gasteiger partial charge in [-0.2, -0.15) is 0 Å². The summed E-state index contributed by atoms with van der Waals surface area (Å²) in [6, 6.07) is 8.52. The van der Waals surface area contributed by atoms with Crippen LogP contribution in [0, 0.1) is 0 Å². The first-order valence-electron chi connectivity index (χ1n) is 8.06. The van der Waals surface area contributed by atoms with E-state index < -0.39 is 0 Å². The molecule has 0 radical (unpaired) electrons. The third kappa shape index (κ3) is 8.31. The molecule has 0 spiro atoms. The zero-order valence-corrected chi connectivity index (χ0v) is 13.0. The molecule has 0 bridgehead atoms. The van der Waals surface area contributed by atoms with Gasteiger partial charge in [0.1, 0.15) is 0 Å². The Morgan fingerprint density at radius 2 is 1.45 bits per heavy atom. The van der Waals surface area contributed by atoms with E-state index in [9.17, 15) is 0 Å². The first-order chi connectivity index (χ1) is 9.86. The van der Waals surface area contributed by atoms with Crippen LogP contribution in [0.25, 0.3) is 0 Å². The van der Waals surface area contributed by atoms with Crippen molar-refractivity contribution in [2.24, 2.45) is 5.73 Å². The van der Waals surface area contributed by atoms with Gasteiger partial charge in [0.15, 0.2) is 0 Å². The van der Waals surface area contributed by atoms with Gasteiger partial charge in [-0.05, 0) is 43.6 Å². The van der Waals surface area contributed by atoms with E-state index in [1.807, 2.05) is 0 Å². The average Bonchev–Trinajstić information content (AvgIpc) is 2.50. The van der Waals surface area contributed by atoms with Crippen LogP contribution in [0.15, 0.2) is 24.3 Å². The molecule has 1 rings (SSSR count). The van der Waals surface area contributed by atoms with Gasteiger partial charge in [-0.25, -0.2) is 0 Å². The molecule has 20 heavy (non-hydrogen) atoms. The van der Waals surface area contributed by atoms with Crippen LogP contribution in [0.5, 0.6) is 0 Å². The van der Waals surface area contributed by atoms with E-state index in [2.05, 4.69) is 41.8 Å². The fourth-order valence-electron chi connectivity index (χ4n) is 2.17. The minimum Gasteiger partial charge on any atom is -0.326 e. The molecule has 1 aromatic rings. The third-order valence-corrected chi connectivity index (χ3v) is 3.50. The second kappa shape index (κ2) is 11.9. The molecular weight excluding hydrogens is 246 g/mol. The van der Waals surface area contributed by atoms with Crippen LogP contribution < -0.4 is 16.4 Å². The normalized spacial score (nSPS) is 10.9. The SMILES string of the molecule is CCCCCCNCCCNCc1ccc(CN)cc1. The molecule has 0 aromatic heterocycles. The third-order valence-electron chi connectivity index (χ3n) is 3.50. The Morgan fingerprint density at radius 1 is 0.800 bits per heavy atom. The number of hydrogen-bond acceptors (Lipinski definition) is 3. The van der Waals surface area contributed by atoms with Crippen molar-refractivity contribution < 1.29 is 0 Å². The molecule has 1 aromatic carbocycles. The van der Waals surface area contributed by atoms with Gasteiger partial charge in [-0.15, -0.1) is 0 Å². The first-order valence-corrected chi connectivity index (χ1v) is 8.06. The van der Waals surface area contributed by atoms with Crippen LogP contribution in [0.3, 0.4) is 0 Å². The largest absolute Gasteiger partial charge is 0.326 e. The van der Waals surface area contributed by atoms with Crippen molar-refractivity contribution in [2.45, 2.75) is 52.1 Å². The smallest absolute Gasteiger partial charge is 0.0205 e. The van der Waals surface area contributed by atoms with Gasteiger partial charge in [0, 0.05) is 13.1 Å². The van der Waals surface area contributed by atoms with Crippen LogP contribution in [0.1, 0.15) is 50.2 Å². The molecule has 0 amide bonds. The van der Waals surface area contributed by atoms with Crippen molar-refractivity contribution in [3.8, 4) is 0 Å². The van der Waals surface area contributed by atoms with Gasteiger partial charge < -0.3 is 16.4 Å². The molecule has 114 valence electrons. The van der Waals surface area contributed by atoms with E-state index in [1.165, 1.54) is 49.8 Å². The molecule has 0 saturated carbocycles. The first kappa shape index (κ1) is 17.2. The quantitative estimate of drug-likeness (QED) is 0.515. The number of nitrogens with one attached hydrogen (secondary N) is 2. The van der Waals surface area contributed by atoms with Crippen LogP contribution in [0.4, 0.5) is 0 Å². The summed E-state index contributed by atoms with van der Waals surface area (Å²) in [6.45, 7) is 7.17. The molecule has 4 N–H and O–H groups in total. The molecule has 3 nitrogen and oxygen atoms in total. The Kier molecular flexibility index (Phi) is 10.2. The molecular formula is C17H31N3. The molecule has 3 heteroatoms. The average molecular weight is 277 g/mol. The lowest BCUT2D eigenvalue weighted by Gasteiger charge is -2.07. The molecule has 0 heterocycles. The maximum Gasteiger partial charge on any atom is 0.0205 e. The van der Waals surface area contributed by atoms with E-state index in [4.69, 9.17) is 5.73 Å². The molecule has 0 aliphatic heterocycles. The van der Waals surface area contributed by atoms with E-state index in [1.54, 1.807) is 0 Å². The van der Waals surface area contributed by atoms with Crippen molar-refractivity contribution in [3.05, 3.63) is 35.4 Å². The minimum atomic E-state index is 0.623. The molecule has 0 fully saturated rings. The summed E-state index contributed by atoms with van der Waals surface area (Å²) in [4.78, 5) is 0. The standard InChI is InChI=1S/C17H31N3/c1-2-3-4-5-11-19-12-6-13-20-15-17-9-7-16(14-18)8-10-17/h7-10,19-20H,2-6,11-15,18H2,1H3. The number of benzene rings is 1. The lowest BCUT2D eigenvalue weighted by Crippen LogP contribution is -2.22. The Labute approximate surface area is 124 Å². The zero-order valence-electron chi connectivity index (χ0n) is 13.0. The highest BCUT2D eigenvalue weighted by Crippen LogP contribution is 2.03. The summed E-state index contributed by atoms with van der Waals surface area (Å²) in [5.41, 5.74) is 8.11. The molecule has 0 aliphatic carbocycles. The number of nitrogens with two attached hydrogens (primary N) is 1. The highest BCUT2D eigenvalue weighted by molar-refractivity contribution is 5.22. The van der Waals surface area contributed by atoms with E-state index in [-0.39, 0.29) is 0 Å². The van der Waals surface area contributed by atoms with E-state index >= 15 is 0 Å². The molecule has 0 saturated heterocycles. The van der Waals surface area contributed by atoms with Crippen LogP contribution in [-0.2, 0) is 13.1 Å². The molecule has 0 atom stereocenters. The van der Waals surface area contributed by atoms with Crippen LogP contribution in [0.2, 0.25) is 0 Å². The maximum absolute atomic E-state index is 5.58. The van der Waals surface area contributed by atoms with Crippen molar-refractivity contribution in [2.75, 3.05) is 19.6 Å². The lowest BCUT2D eigenvalue weighted by atomic mass is 10.1. The summed E-state index contributed by atoms with van der Waals surface area (Å²) in [5.74, 6) is 0. The maximum atomic E-state index is 5.58. The lowest BCUT2D eigenvalue weighted by molar-refractivity contribution is 0.565. The highest BCUT2D eigenvalue weighted by Gasteiger charge is 1.94. The summed E-state index contributed by atoms with van der Waals surface area (Å²) in [6.07, 6.45) is 6.55. The van der Waals surface area contributed by atoms with E-state index in [0.29, 0.717) is 6.54 Å². The van der Waals surface area contributed by atoms with Crippen molar-refractivity contribution in [3.63, 3.8) is 0 Å². The number of hydrogen-bond donors (Lipinski definition) is 3. The van der Waals surface area contributed by atoms with E-state index in [0.717, 1.165) is 19.6 Å². The molecule has 0 aliphatic rings. The second-order valence-corrected chi connectivity index (χ2v) is 5.36. The fraction of sp³-hybridized carbons (Fsp3) is 0.647.